The molecule has 0 aliphatic carbocycles. The zero-order valence-corrected chi connectivity index (χ0v) is 40.7. The minimum absolute atomic E-state index is 0.736. The van der Waals surface area contributed by atoms with E-state index in [0.717, 1.165) is 20.8 Å². The van der Waals surface area contributed by atoms with Gasteiger partial charge >= 0.3 is 0 Å². The summed E-state index contributed by atoms with van der Waals surface area (Å²) in [6.07, 6.45) is -49.1. The average Bonchev–Trinajstić information content (AvgIpc) is 3.36. The first-order chi connectivity index (χ1) is 35.4. The molecule has 434 valence electrons. The smallest absolute Gasteiger partial charge is 0.217 e. The average molecular weight is 1100 g/mol. The second-order valence-corrected chi connectivity index (χ2v) is 19.0. The molecular weight excluding hydrogens is 1030 g/mol. The minimum Gasteiger partial charge on any atom is -0.394 e. The van der Waals surface area contributed by atoms with Crippen molar-refractivity contribution < 1.29 is 148 Å². The van der Waals surface area contributed by atoms with E-state index in [4.69, 9.17) is 52.1 Å². The molecule has 75 heavy (non-hydrogen) atoms. The summed E-state index contributed by atoms with van der Waals surface area (Å²) in [5, 5.41) is 180. The lowest BCUT2D eigenvalue weighted by atomic mass is 9.94. The number of amides is 3. The molecule has 2 unspecified atom stereocenters. The van der Waals surface area contributed by atoms with Crippen LogP contribution in [0, 0.1) is 0 Å². The van der Waals surface area contributed by atoms with Crippen LogP contribution in [0.1, 0.15) is 27.7 Å². The second kappa shape index (κ2) is 26.5. The molecule has 6 aliphatic rings. The normalized spacial score (nSPS) is 48.6. The van der Waals surface area contributed by atoms with Crippen LogP contribution >= 0.6 is 0 Å². The van der Waals surface area contributed by atoms with Gasteiger partial charge in [-0.1, -0.05) is 0 Å². The Hall–Kier alpha value is -2.67. The predicted octanol–water partition coefficient (Wildman–Crippen LogP) is -12.6. The van der Waals surface area contributed by atoms with Crippen LogP contribution in [0.2, 0.25) is 0 Å². The van der Waals surface area contributed by atoms with Crippen molar-refractivity contribution in [2.24, 2.45) is 0 Å². The van der Waals surface area contributed by atoms with Gasteiger partial charge in [0.2, 0.25) is 17.7 Å². The summed E-state index contributed by atoms with van der Waals surface area (Å²) in [6, 6.07) is -4.92. The molecule has 6 rings (SSSR count). The molecule has 30 atom stereocenters. The summed E-state index contributed by atoms with van der Waals surface area (Å²) in [7, 11) is 0. The Morgan fingerprint density at radius 1 is 0.373 bits per heavy atom. The molecule has 3 amide bonds. The van der Waals surface area contributed by atoms with E-state index in [1.807, 2.05) is 0 Å². The molecule has 33 heteroatoms. The van der Waals surface area contributed by atoms with Crippen molar-refractivity contribution in [1.29, 1.82) is 0 Å². The van der Waals surface area contributed by atoms with Crippen LogP contribution in [0.4, 0.5) is 0 Å². The van der Waals surface area contributed by atoms with Crippen LogP contribution < -0.4 is 16.0 Å². The fourth-order valence-corrected chi connectivity index (χ4v) is 9.55. The van der Waals surface area contributed by atoms with Gasteiger partial charge in [-0.25, -0.2) is 0 Å². The Morgan fingerprint density at radius 3 is 1.39 bits per heavy atom. The number of ether oxygens (including phenoxy) is 11. The SMILES string of the molecule is CC(=O)N[C@H]1[C@@H](O[C@H]2[C@@H](O)[C@@H](CO)O[C@@H](O[C@H]3[C@H](O)[C@@H](NC(C)=O)C(OC[C@H]4OC(O)[C@H](NC(C)=O)[C@@H](O[C@@H]5O[C@H](CO)[C@H](O)[C@H](O)[C@H]5O[C@@H]5O[C@@H](C)[C@@H](O)[C@@H](O)[C@@H]5O)[C@H]4O)O[C@@H]3CO)[C@@H]2O)O[C@H](CO)[C@H](O)[C@@H]1O. The number of carbonyl (C=O) groups excluding carboxylic acids is 3. The third kappa shape index (κ3) is 13.7. The molecule has 0 aromatic rings. The first kappa shape index (κ1) is 61.5. The Labute approximate surface area is 426 Å². The highest BCUT2D eigenvalue weighted by atomic mass is 16.8. The molecule has 6 saturated heterocycles. The van der Waals surface area contributed by atoms with Crippen molar-refractivity contribution in [2.45, 2.75) is 212 Å². The molecule has 0 saturated carbocycles. The maximum atomic E-state index is 12.6. The fourth-order valence-electron chi connectivity index (χ4n) is 9.55. The van der Waals surface area contributed by atoms with Crippen LogP contribution in [-0.4, -0.2) is 317 Å². The van der Waals surface area contributed by atoms with Crippen LogP contribution in [0.25, 0.3) is 0 Å². The number of aliphatic hydroxyl groups excluding tert-OH is 16. The van der Waals surface area contributed by atoms with Gasteiger partial charge in [0.1, 0.15) is 140 Å². The maximum Gasteiger partial charge on any atom is 0.217 e. The summed E-state index contributed by atoms with van der Waals surface area (Å²) in [5.74, 6) is -2.34. The van der Waals surface area contributed by atoms with E-state index in [1.165, 1.54) is 6.92 Å². The lowest BCUT2D eigenvalue weighted by Gasteiger charge is -2.50. The van der Waals surface area contributed by atoms with Crippen LogP contribution in [0.15, 0.2) is 0 Å². The molecule has 0 spiro atoms. The molecule has 0 aromatic heterocycles. The second-order valence-electron chi connectivity index (χ2n) is 19.0. The van der Waals surface area contributed by atoms with Gasteiger partial charge in [-0.2, -0.15) is 0 Å². The van der Waals surface area contributed by atoms with E-state index in [0.29, 0.717) is 0 Å². The molecule has 33 nitrogen and oxygen atoms in total. The molecule has 19 N–H and O–H groups in total. The summed E-state index contributed by atoms with van der Waals surface area (Å²) in [5.41, 5.74) is 0. The largest absolute Gasteiger partial charge is 0.394 e. The minimum atomic E-state index is -2.12. The third-order valence-corrected chi connectivity index (χ3v) is 13.6. The van der Waals surface area contributed by atoms with Gasteiger partial charge in [-0.3, -0.25) is 14.4 Å². The van der Waals surface area contributed by atoms with Crippen LogP contribution in [0.3, 0.4) is 0 Å². The number of nitrogens with one attached hydrogen (secondary N) is 3. The number of hydrogen-bond donors (Lipinski definition) is 19. The van der Waals surface area contributed by atoms with Crippen molar-refractivity contribution in [1.82, 2.24) is 16.0 Å². The van der Waals surface area contributed by atoms with Crippen molar-refractivity contribution in [3.8, 4) is 0 Å². The van der Waals surface area contributed by atoms with Gasteiger partial charge < -0.3 is 150 Å². The summed E-state index contributed by atoms with van der Waals surface area (Å²) >= 11 is 0. The van der Waals surface area contributed by atoms with E-state index in [2.05, 4.69) is 16.0 Å². The standard InChI is InChI=1S/C42H71N3O30/c1-10-22(53)29(60)31(62)40(66-10)75-36-30(61)24(55)15(6-47)70-42(36)73-34-21(45-13(4)52)37(64)67-18(26(34)57)9-65-38-20(44-12(3)51)28(59)33(17(8-49)71-38)72-41-32(63)35(25(56)16(7-48)69-41)74-39-19(43-11(2)50)27(58)23(54)14(5-46)68-39/h10,14-42,46-49,53-64H,5-9H2,1-4H3,(H,43,50)(H,44,51)(H,45,52)/t10-,14+,15+,16+,17+,18+,19+,20+,21+,22+,23-,24-,25-,26-,27+,28+,29+,30-,31-,32+,33+,34+,35-,36+,37?,38?,39+,40-,41-,42-/m0/s1. The molecule has 6 aliphatic heterocycles. The van der Waals surface area contributed by atoms with E-state index >= 15 is 0 Å². The van der Waals surface area contributed by atoms with E-state index in [9.17, 15) is 96.1 Å². The molecule has 0 aromatic carbocycles. The lowest BCUT2D eigenvalue weighted by Crippen LogP contribution is -2.70. The molecule has 0 bridgehead atoms. The molecular formula is C42H71N3O30. The van der Waals surface area contributed by atoms with Gasteiger partial charge in [0.25, 0.3) is 0 Å². The summed E-state index contributed by atoms with van der Waals surface area (Å²) in [4.78, 5) is 37.0. The zero-order valence-electron chi connectivity index (χ0n) is 40.7. The van der Waals surface area contributed by atoms with Gasteiger partial charge in [-0.15, -0.1) is 0 Å². The summed E-state index contributed by atoms with van der Waals surface area (Å²) in [6.45, 7) is -0.147. The maximum absolute atomic E-state index is 12.6. The van der Waals surface area contributed by atoms with E-state index in [-0.39, 0.29) is 0 Å². The monoisotopic (exact) mass is 1100 g/mol. The van der Waals surface area contributed by atoms with Gasteiger partial charge in [0, 0.05) is 20.8 Å². The fraction of sp³-hybridized carbons (Fsp3) is 0.929. The molecule has 0 radical (unpaired) electrons. The Balaban J connectivity index is 1.20. The van der Waals surface area contributed by atoms with Crippen LogP contribution in [0.5, 0.6) is 0 Å². The number of hydrogen-bond acceptors (Lipinski definition) is 30. The highest BCUT2D eigenvalue weighted by Gasteiger charge is 2.57. The van der Waals surface area contributed by atoms with Crippen molar-refractivity contribution >= 4 is 17.7 Å². The van der Waals surface area contributed by atoms with E-state index < -0.39 is 235 Å². The zero-order chi connectivity index (χ0) is 55.5. The number of rotatable bonds is 18. The van der Waals surface area contributed by atoms with Gasteiger partial charge in [0.15, 0.2) is 37.7 Å². The molecule has 6 fully saturated rings. The van der Waals surface area contributed by atoms with Gasteiger partial charge in [-0.05, 0) is 6.92 Å². The van der Waals surface area contributed by atoms with E-state index in [1.54, 1.807) is 0 Å². The Bertz CT molecular complexity index is 1850. The number of aliphatic hydroxyl groups is 16. The van der Waals surface area contributed by atoms with Crippen molar-refractivity contribution in [3.05, 3.63) is 0 Å². The predicted molar refractivity (Wildman–Crippen MR) is 233 cm³/mol. The topological polar surface area (TPSA) is 513 Å². The van der Waals surface area contributed by atoms with Crippen molar-refractivity contribution in [2.75, 3.05) is 33.0 Å². The number of carbonyl (C=O) groups is 3. The Morgan fingerprint density at radius 2 is 0.813 bits per heavy atom. The summed E-state index contributed by atoms with van der Waals surface area (Å²) < 4.78 is 63.3. The first-order valence-corrected chi connectivity index (χ1v) is 23.9. The quantitative estimate of drug-likeness (QED) is 0.0606. The highest BCUT2D eigenvalue weighted by molar-refractivity contribution is 5.74. The third-order valence-electron chi connectivity index (χ3n) is 13.6. The van der Waals surface area contributed by atoms with Crippen LogP contribution in [-0.2, 0) is 66.5 Å². The first-order valence-electron chi connectivity index (χ1n) is 23.9. The lowest BCUT2D eigenvalue weighted by molar-refractivity contribution is -0.381. The van der Waals surface area contributed by atoms with Crippen molar-refractivity contribution in [3.63, 3.8) is 0 Å². The Kier molecular flexibility index (Phi) is 21.8. The van der Waals surface area contributed by atoms with Gasteiger partial charge in [0.05, 0.1) is 39.1 Å². The highest BCUT2D eigenvalue weighted by Crippen LogP contribution is 2.36. The molecule has 6 heterocycles.